The highest BCUT2D eigenvalue weighted by atomic mass is 16.2. The molecule has 1 aromatic carbocycles. The lowest BCUT2D eigenvalue weighted by molar-refractivity contribution is -0.122. The number of pyridine rings is 1. The van der Waals surface area contributed by atoms with Gasteiger partial charge < -0.3 is 5.32 Å². The van der Waals surface area contributed by atoms with E-state index in [1.807, 2.05) is 45.0 Å². The van der Waals surface area contributed by atoms with Gasteiger partial charge in [-0.05, 0) is 44.5 Å². The molecule has 2 aromatic heterocycles. The van der Waals surface area contributed by atoms with E-state index < -0.39 is 0 Å². The van der Waals surface area contributed by atoms with Gasteiger partial charge in [-0.1, -0.05) is 24.6 Å². The van der Waals surface area contributed by atoms with Crippen molar-refractivity contribution in [2.45, 2.75) is 39.8 Å². The Labute approximate surface area is 146 Å². The molecule has 0 unspecified atom stereocenters. The second-order valence-corrected chi connectivity index (χ2v) is 6.26. The molecule has 25 heavy (non-hydrogen) atoms. The minimum absolute atomic E-state index is 0.0357. The molecule has 1 N–H and O–H groups in total. The van der Waals surface area contributed by atoms with Gasteiger partial charge in [0.25, 0.3) is 5.56 Å². The summed E-state index contributed by atoms with van der Waals surface area (Å²) in [5.74, 6) is -0.141. The van der Waals surface area contributed by atoms with Gasteiger partial charge in [0.05, 0.1) is 11.1 Å². The highest BCUT2D eigenvalue weighted by molar-refractivity contribution is 5.80. The van der Waals surface area contributed by atoms with Gasteiger partial charge in [-0.3, -0.25) is 14.3 Å². The summed E-state index contributed by atoms with van der Waals surface area (Å²) in [5.41, 5.74) is 2.15. The van der Waals surface area contributed by atoms with Gasteiger partial charge in [-0.15, -0.1) is 0 Å². The van der Waals surface area contributed by atoms with E-state index in [0.717, 1.165) is 12.0 Å². The molecule has 0 saturated heterocycles. The standard InChI is InChI=1S/C19H22N4O2/c1-4-14(3)21-17(24)12-22-18-16(6-5-11-20-18)19(25)23(22)15-9-7-13(2)8-10-15/h5-11,14H,4,12H2,1-3H3,(H,21,24)/t14-/m0/s1. The fourth-order valence-corrected chi connectivity index (χ4v) is 2.73. The van der Waals surface area contributed by atoms with Crippen molar-refractivity contribution in [2.75, 3.05) is 0 Å². The van der Waals surface area contributed by atoms with E-state index in [1.54, 1.807) is 23.0 Å². The van der Waals surface area contributed by atoms with Crippen LogP contribution in [-0.4, -0.2) is 26.3 Å². The number of carbonyl (C=O) groups is 1. The van der Waals surface area contributed by atoms with Crippen LogP contribution in [0.3, 0.4) is 0 Å². The van der Waals surface area contributed by atoms with Gasteiger partial charge in [-0.2, -0.15) is 0 Å². The van der Waals surface area contributed by atoms with Gasteiger partial charge >= 0.3 is 0 Å². The molecule has 0 bridgehead atoms. The van der Waals surface area contributed by atoms with Gasteiger partial charge in [0.1, 0.15) is 6.54 Å². The maximum absolute atomic E-state index is 12.9. The zero-order chi connectivity index (χ0) is 18.0. The lowest BCUT2D eigenvalue weighted by Crippen LogP contribution is -2.36. The molecule has 0 spiro atoms. The number of rotatable bonds is 5. The number of hydrogen-bond acceptors (Lipinski definition) is 3. The first-order valence-corrected chi connectivity index (χ1v) is 8.44. The smallest absolute Gasteiger partial charge is 0.280 e. The fourth-order valence-electron chi connectivity index (χ4n) is 2.73. The summed E-state index contributed by atoms with van der Waals surface area (Å²) in [7, 11) is 0. The first-order chi connectivity index (χ1) is 12.0. The number of aryl methyl sites for hydroxylation is 1. The Kier molecular flexibility index (Phi) is 4.70. The van der Waals surface area contributed by atoms with Crippen molar-refractivity contribution in [1.82, 2.24) is 19.7 Å². The summed E-state index contributed by atoms with van der Waals surface area (Å²) in [6, 6.07) is 11.2. The second-order valence-electron chi connectivity index (χ2n) is 6.26. The van der Waals surface area contributed by atoms with Crippen LogP contribution in [0.25, 0.3) is 16.7 Å². The number of fused-ring (bicyclic) bond motifs is 1. The van der Waals surface area contributed by atoms with E-state index in [0.29, 0.717) is 16.7 Å². The SMILES string of the molecule is CC[C@H](C)NC(=O)Cn1c2ncccc2c(=O)n1-c1ccc(C)cc1. The van der Waals surface area contributed by atoms with Gasteiger partial charge in [0.2, 0.25) is 5.91 Å². The van der Waals surface area contributed by atoms with Crippen LogP contribution in [0.5, 0.6) is 0 Å². The van der Waals surface area contributed by atoms with Crippen LogP contribution in [0.2, 0.25) is 0 Å². The molecule has 0 saturated carbocycles. The summed E-state index contributed by atoms with van der Waals surface area (Å²) in [6.07, 6.45) is 2.48. The first-order valence-electron chi connectivity index (χ1n) is 8.44. The van der Waals surface area contributed by atoms with Crippen LogP contribution in [0.15, 0.2) is 47.4 Å². The monoisotopic (exact) mass is 338 g/mol. The van der Waals surface area contributed by atoms with Crippen LogP contribution in [0.1, 0.15) is 25.8 Å². The van der Waals surface area contributed by atoms with E-state index in [4.69, 9.17) is 0 Å². The maximum Gasteiger partial charge on any atom is 0.280 e. The Morgan fingerprint density at radius 1 is 1.24 bits per heavy atom. The van der Waals surface area contributed by atoms with Crippen LogP contribution in [0, 0.1) is 6.92 Å². The Balaban J connectivity index is 2.12. The summed E-state index contributed by atoms with van der Waals surface area (Å²) < 4.78 is 3.16. The molecule has 0 radical (unpaired) electrons. The molecular formula is C19H22N4O2. The van der Waals surface area contributed by atoms with Crippen molar-refractivity contribution in [3.63, 3.8) is 0 Å². The van der Waals surface area contributed by atoms with Crippen LogP contribution in [0.4, 0.5) is 0 Å². The van der Waals surface area contributed by atoms with E-state index in [1.165, 1.54) is 4.68 Å². The number of amides is 1. The van der Waals surface area contributed by atoms with E-state index in [9.17, 15) is 9.59 Å². The highest BCUT2D eigenvalue weighted by Gasteiger charge is 2.18. The van der Waals surface area contributed by atoms with Crippen molar-refractivity contribution in [3.8, 4) is 5.69 Å². The predicted octanol–water partition coefficient (Wildman–Crippen LogP) is 2.41. The Hall–Kier alpha value is -2.89. The maximum atomic E-state index is 12.9. The topological polar surface area (TPSA) is 68.9 Å². The van der Waals surface area contributed by atoms with Crippen molar-refractivity contribution >= 4 is 16.9 Å². The molecule has 1 atom stereocenters. The first kappa shape index (κ1) is 17.0. The molecule has 0 aliphatic heterocycles. The molecule has 1 amide bonds. The third kappa shape index (κ3) is 3.33. The van der Waals surface area contributed by atoms with Crippen molar-refractivity contribution in [2.24, 2.45) is 0 Å². The normalized spacial score (nSPS) is 12.3. The zero-order valence-electron chi connectivity index (χ0n) is 14.7. The van der Waals surface area contributed by atoms with Gasteiger partial charge in [-0.25, -0.2) is 9.67 Å². The third-order valence-corrected chi connectivity index (χ3v) is 4.29. The Morgan fingerprint density at radius 3 is 2.64 bits per heavy atom. The molecule has 0 aliphatic rings. The van der Waals surface area contributed by atoms with Crippen molar-refractivity contribution in [1.29, 1.82) is 0 Å². The molecule has 0 aliphatic carbocycles. The van der Waals surface area contributed by atoms with Crippen LogP contribution < -0.4 is 10.9 Å². The fraction of sp³-hybridized carbons (Fsp3) is 0.316. The molecule has 3 rings (SSSR count). The van der Waals surface area contributed by atoms with Gasteiger partial charge in [0, 0.05) is 12.2 Å². The number of nitrogens with zero attached hydrogens (tertiary/aromatic N) is 3. The quantitative estimate of drug-likeness (QED) is 0.777. The molecule has 130 valence electrons. The lowest BCUT2D eigenvalue weighted by atomic mass is 10.2. The molecular weight excluding hydrogens is 316 g/mol. The van der Waals surface area contributed by atoms with Gasteiger partial charge in [0.15, 0.2) is 5.65 Å². The molecule has 6 nitrogen and oxygen atoms in total. The average molecular weight is 338 g/mol. The Bertz CT molecular complexity index is 954. The number of nitrogens with one attached hydrogen (secondary N) is 1. The number of aromatic nitrogens is 3. The lowest BCUT2D eigenvalue weighted by Gasteiger charge is -2.15. The number of hydrogen-bond donors (Lipinski definition) is 1. The summed E-state index contributed by atoms with van der Waals surface area (Å²) in [5, 5.41) is 3.44. The van der Waals surface area contributed by atoms with Crippen LogP contribution >= 0.6 is 0 Å². The van der Waals surface area contributed by atoms with E-state index >= 15 is 0 Å². The molecule has 2 heterocycles. The van der Waals surface area contributed by atoms with E-state index in [-0.39, 0.29) is 24.1 Å². The third-order valence-electron chi connectivity index (χ3n) is 4.29. The number of carbonyl (C=O) groups excluding carboxylic acids is 1. The largest absolute Gasteiger partial charge is 0.352 e. The van der Waals surface area contributed by atoms with Crippen molar-refractivity contribution in [3.05, 3.63) is 58.5 Å². The average Bonchev–Trinajstić information content (AvgIpc) is 2.88. The molecule has 6 heteroatoms. The minimum atomic E-state index is -0.178. The van der Waals surface area contributed by atoms with Crippen molar-refractivity contribution < 1.29 is 4.79 Å². The summed E-state index contributed by atoms with van der Waals surface area (Å²) in [4.78, 5) is 29.6. The summed E-state index contributed by atoms with van der Waals surface area (Å²) in [6.45, 7) is 5.99. The number of benzene rings is 1. The Morgan fingerprint density at radius 2 is 1.96 bits per heavy atom. The van der Waals surface area contributed by atoms with E-state index in [2.05, 4.69) is 10.3 Å². The minimum Gasteiger partial charge on any atom is -0.352 e. The molecule has 3 aromatic rings. The van der Waals surface area contributed by atoms with Crippen LogP contribution in [-0.2, 0) is 11.3 Å². The predicted molar refractivity (Wildman–Crippen MR) is 98.0 cm³/mol. The summed E-state index contributed by atoms with van der Waals surface area (Å²) >= 11 is 0. The zero-order valence-corrected chi connectivity index (χ0v) is 14.7. The molecule has 0 fully saturated rings. The second kappa shape index (κ2) is 6.93. The highest BCUT2D eigenvalue weighted by Crippen LogP contribution is 2.14.